The van der Waals surface area contributed by atoms with Crippen molar-refractivity contribution in [2.45, 2.75) is 6.92 Å². The highest BCUT2D eigenvalue weighted by atomic mass is 16.6. The van der Waals surface area contributed by atoms with Crippen LogP contribution in [0.25, 0.3) is 11.0 Å². The monoisotopic (exact) mass is 353 g/mol. The molecular formula is C18H15N3O5. The molecule has 0 unspecified atom stereocenters. The molecule has 8 nitrogen and oxygen atoms in total. The highest BCUT2D eigenvalue weighted by molar-refractivity contribution is 5.97. The minimum absolute atomic E-state index is 0.00995. The van der Waals surface area contributed by atoms with Crippen LogP contribution in [0.1, 0.15) is 23.0 Å². The fourth-order valence-electron chi connectivity index (χ4n) is 2.35. The van der Waals surface area contributed by atoms with E-state index in [1.807, 2.05) is 19.1 Å². The van der Waals surface area contributed by atoms with Gasteiger partial charge in [-0.15, -0.1) is 0 Å². The molecule has 0 atom stereocenters. The number of amides is 1. The number of furan rings is 1. The van der Waals surface area contributed by atoms with Crippen molar-refractivity contribution >= 4 is 28.8 Å². The molecule has 0 aliphatic heterocycles. The Labute approximate surface area is 148 Å². The van der Waals surface area contributed by atoms with Gasteiger partial charge in [-0.3, -0.25) is 14.9 Å². The number of rotatable bonds is 6. The molecular weight excluding hydrogens is 338 g/mol. The number of hydrogen-bond donors (Lipinski definition) is 1. The van der Waals surface area contributed by atoms with Gasteiger partial charge in [-0.1, -0.05) is 12.1 Å². The molecule has 0 saturated heterocycles. The first kappa shape index (κ1) is 17.2. The zero-order chi connectivity index (χ0) is 18.5. The first-order valence-corrected chi connectivity index (χ1v) is 7.81. The highest BCUT2D eigenvalue weighted by Gasteiger charge is 2.14. The molecule has 8 heteroatoms. The van der Waals surface area contributed by atoms with E-state index in [2.05, 4.69) is 10.5 Å². The molecule has 132 valence electrons. The van der Waals surface area contributed by atoms with Crippen LogP contribution in [-0.4, -0.2) is 23.7 Å². The van der Waals surface area contributed by atoms with E-state index in [1.54, 1.807) is 12.1 Å². The number of hydrogen-bond acceptors (Lipinski definition) is 6. The fourth-order valence-corrected chi connectivity index (χ4v) is 2.35. The summed E-state index contributed by atoms with van der Waals surface area (Å²) in [4.78, 5) is 22.4. The molecule has 0 spiro atoms. The summed E-state index contributed by atoms with van der Waals surface area (Å²) >= 11 is 0. The van der Waals surface area contributed by atoms with Crippen LogP contribution in [0.5, 0.6) is 5.75 Å². The Morgan fingerprint density at radius 3 is 2.88 bits per heavy atom. The first-order valence-electron chi connectivity index (χ1n) is 7.81. The Morgan fingerprint density at radius 1 is 1.31 bits per heavy atom. The quantitative estimate of drug-likeness (QED) is 0.414. The number of carbonyl (C=O) groups is 1. The smallest absolute Gasteiger partial charge is 0.307 e. The van der Waals surface area contributed by atoms with Crippen molar-refractivity contribution in [1.29, 1.82) is 0 Å². The van der Waals surface area contributed by atoms with Gasteiger partial charge in [0.25, 0.3) is 5.69 Å². The largest absolute Gasteiger partial charge is 0.493 e. The summed E-state index contributed by atoms with van der Waals surface area (Å²) in [6, 6.07) is 12.8. The van der Waals surface area contributed by atoms with Gasteiger partial charge in [-0.05, 0) is 31.2 Å². The van der Waals surface area contributed by atoms with Gasteiger partial charge < -0.3 is 9.15 Å². The van der Waals surface area contributed by atoms with Crippen molar-refractivity contribution in [3.63, 3.8) is 0 Å². The summed E-state index contributed by atoms with van der Waals surface area (Å²) in [5.41, 5.74) is 3.39. The van der Waals surface area contributed by atoms with Crippen LogP contribution < -0.4 is 10.2 Å². The summed E-state index contributed by atoms with van der Waals surface area (Å²) in [5.74, 6) is 0.105. The molecule has 3 rings (SSSR count). The van der Waals surface area contributed by atoms with Gasteiger partial charge in [0, 0.05) is 23.1 Å². The number of ether oxygens (including phenoxy) is 1. The summed E-state index contributed by atoms with van der Waals surface area (Å²) in [5, 5.41) is 15.2. The van der Waals surface area contributed by atoms with Crippen molar-refractivity contribution in [2.75, 3.05) is 6.61 Å². The van der Waals surface area contributed by atoms with Crippen LogP contribution in [0.4, 0.5) is 5.69 Å². The van der Waals surface area contributed by atoms with E-state index in [-0.39, 0.29) is 11.4 Å². The highest BCUT2D eigenvalue weighted by Crippen LogP contribution is 2.24. The zero-order valence-corrected chi connectivity index (χ0v) is 13.8. The maximum Gasteiger partial charge on any atom is 0.307 e. The van der Waals surface area contributed by atoms with Gasteiger partial charge in [0.1, 0.15) is 11.3 Å². The molecule has 3 aromatic rings. The Morgan fingerprint density at radius 2 is 2.12 bits per heavy atom. The van der Waals surface area contributed by atoms with E-state index >= 15 is 0 Å². The van der Waals surface area contributed by atoms with Crippen molar-refractivity contribution in [1.82, 2.24) is 5.43 Å². The number of para-hydroxylation sites is 1. The van der Waals surface area contributed by atoms with Gasteiger partial charge in [0.05, 0.1) is 17.7 Å². The van der Waals surface area contributed by atoms with Gasteiger partial charge in [-0.2, -0.15) is 5.10 Å². The second-order valence-electron chi connectivity index (χ2n) is 5.26. The van der Waals surface area contributed by atoms with Gasteiger partial charge in [0.2, 0.25) is 0 Å². The lowest BCUT2D eigenvalue weighted by molar-refractivity contribution is -0.384. The SMILES string of the molecule is CCOc1ccccc1/C=N\NC(=O)c1cc2cc([N+](=O)[O-])ccc2o1. The lowest BCUT2D eigenvalue weighted by Crippen LogP contribution is -2.16. The van der Waals surface area contributed by atoms with Crippen LogP contribution in [0.15, 0.2) is 58.0 Å². The summed E-state index contributed by atoms with van der Waals surface area (Å²) in [6.45, 7) is 2.39. The minimum Gasteiger partial charge on any atom is -0.493 e. The van der Waals surface area contributed by atoms with E-state index in [1.165, 1.54) is 30.5 Å². The predicted octanol–water partition coefficient (Wildman–Crippen LogP) is 3.50. The fraction of sp³-hybridized carbons (Fsp3) is 0.111. The van der Waals surface area contributed by atoms with E-state index in [0.29, 0.717) is 23.3 Å². The molecule has 0 bridgehead atoms. The molecule has 0 saturated carbocycles. The van der Waals surface area contributed by atoms with E-state index in [0.717, 1.165) is 5.56 Å². The second kappa shape index (κ2) is 7.47. The molecule has 0 aliphatic carbocycles. The first-order chi connectivity index (χ1) is 12.6. The topological polar surface area (TPSA) is 107 Å². The van der Waals surface area contributed by atoms with E-state index in [9.17, 15) is 14.9 Å². The number of nitrogens with zero attached hydrogens (tertiary/aromatic N) is 2. The van der Waals surface area contributed by atoms with Crippen molar-refractivity contribution < 1.29 is 18.9 Å². The van der Waals surface area contributed by atoms with E-state index < -0.39 is 10.8 Å². The number of nitrogens with one attached hydrogen (secondary N) is 1. The molecule has 0 fully saturated rings. The zero-order valence-electron chi connectivity index (χ0n) is 13.8. The number of hydrazone groups is 1. The van der Waals surface area contributed by atoms with Gasteiger partial charge in [0.15, 0.2) is 5.76 Å². The molecule has 1 heterocycles. The summed E-state index contributed by atoms with van der Waals surface area (Å²) in [7, 11) is 0. The predicted molar refractivity (Wildman–Crippen MR) is 95.5 cm³/mol. The number of carbonyl (C=O) groups excluding carboxylic acids is 1. The average Bonchev–Trinajstić information content (AvgIpc) is 3.06. The van der Waals surface area contributed by atoms with Crippen molar-refractivity contribution in [2.24, 2.45) is 5.10 Å². The normalized spacial score (nSPS) is 11.0. The van der Waals surface area contributed by atoms with Crippen LogP contribution in [0, 0.1) is 10.1 Å². The lowest BCUT2D eigenvalue weighted by atomic mass is 10.2. The van der Waals surface area contributed by atoms with Gasteiger partial charge in [-0.25, -0.2) is 5.43 Å². The van der Waals surface area contributed by atoms with Crippen LogP contribution in [0.3, 0.4) is 0 Å². The Balaban J connectivity index is 1.74. The maximum atomic E-state index is 12.2. The average molecular weight is 353 g/mol. The maximum absolute atomic E-state index is 12.2. The number of nitro groups is 1. The Hall–Kier alpha value is -3.68. The number of benzene rings is 2. The molecule has 1 amide bonds. The van der Waals surface area contributed by atoms with Crippen LogP contribution in [0.2, 0.25) is 0 Å². The van der Waals surface area contributed by atoms with E-state index in [4.69, 9.17) is 9.15 Å². The summed E-state index contributed by atoms with van der Waals surface area (Å²) < 4.78 is 10.9. The number of fused-ring (bicyclic) bond motifs is 1. The molecule has 1 N–H and O–H groups in total. The van der Waals surface area contributed by atoms with Crippen LogP contribution in [-0.2, 0) is 0 Å². The van der Waals surface area contributed by atoms with Gasteiger partial charge >= 0.3 is 5.91 Å². The number of non-ortho nitro benzene ring substituents is 1. The molecule has 1 aromatic heterocycles. The van der Waals surface area contributed by atoms with Crippen molar-refractivity contribution in [3.05, 3.63) is 70.0 Å². The molecule has 0 aliphatic rings. The van der Waals surface area contributed by atoms with Crippen molar-refractivity contribution in [3.8, 4) is 5.75 Å². The second-order valence-corrected chi connectivity index (χ2v) is 5.26. The Kier molecular flexibility index (Phi) is 4.93. The summed E-state index contributed by atoms with van der Waals surface area (Å²) in [6.07, 6.45) is 1.47. The molecule has 26 heavy (non-hydrogen) atoms. The lowest BCUT2D eigenvalue weighted by Gasteiger charge is -2.05. The third kappa shape index (κ3) is 3.69. The standard InChI is InChI=1S/C18H15N3O5/c1-2-25-15-6-4-3-5-12(15)11-19-20-18(22)17-10-13-9-14(21(23)24)7-8-16(13)26-17/h3-11H,2H2,1H3,(H,20,22)/b19-11-. The third-order valence-electron chi connectivity index (χ3n) is 3.52. The third-order valence-corrected chi connectivity index (χ3v) is 3.52. The molecule has 0 radical (unpaired) electrons. The minimum atomic E-state index is -0.561. The number of nitro benzene ring substituents is 1. The molecule has 2 aromatic carbocycles. The van der Waals surface area contributed by atoms with Crippen LogP contribution >= 0.6 is 0 Å². The Bertz CT molecular complexity index is 993.